The number of esters is 1. The van der Waals surface area contributed by atoms with Crippen LogP contribution in [-0.4, -0.2) is 44.1 Å². The number of amides is 2. The molecule has 0 bridgehead atoms. The minimum Gasteiger partial charge on any atom is -0.492 e. The molecule has 0 heterocycles. The van der Waals surface area contributed by atoms with E-state index in [1.54, 1.807) is 0 Å². The summed E-state index contributed by atoms with van der Waals surface area (Å²) < 4.78 is 10.3. The van der Waals surface area contributed by atoms with E-state index in [1.807, 2.05) is 61.5 Å². The molecule has 0 saturated carbocycles. The smallest absolute Gasteiger partial charge is 0.325 e. The predicted molar refractivity (Wildman–Crippen MR) is 104 cm³/mol. The van der Waals surface area contributed by atoms with Crippen molar-refractivity contribution in [3.8, 4) is 5.75 Å². The SMILES string of the molecule is Cc1cccc(OCCNC(=O)COC(=O)CNC(=O)Cc2ccccc2)c1. The third-order valence-electron chi connectivity index (χ3n) is 3.68. The third kappa shape index (κ3) is 8.35. The molecule has 2 amide bonds. The number of hydrogen-bond acceptors (Lipinski definition) is 5. The zero-order chi connectivity index (χ0) is 20.2. The average molecular weight is 384 g/mol. The molecule has 7 heteroatoms. The fourth-order valence-electron chi connectivity index (χ4n) is 2.33. The lowest BCUT2D eigenvalue weighted by Crippen LogP contribution is -2.35. The number of rotatable bonds is 10. The van der Waals surface area contributed by atoms with Gasteiger partial charge >= 0.3 is 5.97 Å². The van der Waals surface area contributed by atoms with Gasteiger partial charge in [-0.3, -0.25) is 14.4 Å². The van der Waals surface area contributed by atoms with Crippen molar-refractivity contribution in [1.29, 1.82) is 0 Å². The summed E-state index contributed by atoms with van der Waals surface area (Å²) in [4.78, 5) is 35.0. The van der Waals surface area contributed by atoms with E-state index in [-0.39, 0.29) is 25.4 Å². The Bertz CT molecular complexity index is 792. The molecule has 0 aliphatic rings. The van der Waals surface area contributed by atoms with Crippen LogP contribution in [0.3, 0.4) is 0 Å². The van der Waals surface area contributed by atoms with Crippen molar-refractivity contribution >= 4 is 17.8 Å². The van der Waals surface area contributed by atoms with Gasteiger partial charge in [0.2, 0.25) is 5.91 Å². The predicted octanol–water partition coefficient (Wildman–Crippen LogP) is 1.39. The second kappa shape index (κ2) is 11.4. The van der Waals surface area contributed by atoms with E-state index >= 15 is 0 Å². The number of benzene rings is 2. The molecule has 0 aliphatic carbocycles. The van der Waals surface area contributed by atoms with Gasteiger partial charge in [0.15, 0.2) is 6.61 Å². The standard InChI is InChI=1S/C21H24N2O5/c1-16-6-5-9-18(12-16)27-11-10-22-20(25)15-28-21(26)14-23-19(24)13-17-7-3-2-4-8-17/h2-9,12H,10-11,13-15H2,1H3,(H,22,25)(H,23,24). The minimum atomic E-state index is -0.674. The van der Waals surface area contributed by atoms with Crippen molar-refractivity contribution in [3.05, 3.63) is 65.7 Å². The van der Waals surface area contributed by atoms with E-state index < -0.39 is 18.5 Å². The first-order valence-electron chi connectivity index (χ1n) is 8.95. The summed E-state index contributed by atoms with van der Waals surface area (Å²) in [5.74, 6) is -0.669. The van der Waals surface area contributed by atoms with Gasteiger partial charge in [-0.25, -0.2) is 0 Å². The van der Waals surface area contributed by atoms with Crippen LogP contribution in [0.2, 0.25) is 0 Å². The summed E-state index contributed by atoms with van der Waals surface area (Å²) >= 11 is 0. The number of carbonyl (C=O) groups excluding carboxylic acids is 3. The highest BCUT2D eigenvalue weighted by Gasteiger charge is 2.09. The minimum absolute atomic E-state index is 0.176. The van der Waals surface area contributed by atoms with Gasteiger partial charge in [-0.05, 0) is 30.2 Å². The largest absolute Gasteiger partial charge is 0.492 e. The molecule has 0 saturated heterocycles. The molecular formula is C21H24N2O5. The topological polar surface area (TPSA) is 93.7 Å². The second-order valence-corrected chi connectivity index (χ2v) is 6.11. The maximum absolute atomic E-state index is 11.8. The Kier molecular flexibility index (Phi) is 8.52. The van der Waals surface area contributed by atoms with E-state index in [1.165, 1.54) is 0 Å². The highest BCUT2D eigenvalue weighted by Crippen LogP contribution is 2.11. The molecule has 2 rings (SSSR count). The van der Waals surface area contributed by atoms with Crippen LogP contribution in [0, 0.1) is 6.92 Å². The second-order valence-electron chi connectivity index (χ2n) is 6.11. The first-order valence-corrected chi connectivity index (χ1v) is 8.95. The van der Waals surface area contributed by atoms with E-state index in [2.05, 4.69) is 10.6 Å². The molecule has 0 radical (unpaired) electrons. The summed E-state index contributed by atoms with van der Waals surface area (Å²) in [5, 5.41) is 5.06. The van der Waals surface area contributed by atoms with Gasteiger partial charge in [-0.1, -0.05) is 42.5 Å². The molecule has 2 aromatic carbocycles. The van der Waals surface area contributed by atoms with Gasteiger partial charge < -0.3 is 20.1 Å². The molecule has 28 heavy (non-hydrogen) atoms. The average Bonchev–Trinajstić information content (AvgIpc) is 2.69. The maximum atomic E-state index is 11.8. The van der Waals surface area contributed by atoms with Crippen LogP contribution >= 0.6 is 0 Å². The van der Waals surface area contributed by atoms with Crippen LogP contribution in [0.25, 0.3) is 0 Å². The van der Waals surface area contributed by atoms with Crippen LogP contribution < -0.4 is 15.4 Å². The summed E-state index contributed by atoms with van der Waals surface area (Å²) in [6, 6.07) is 16.8. The Morgan fingerprint density at radius 1 is 0.929 bits per heavy atom. The van der Waals surface area contributed by atoms with Crippen molar-refractivity contribution in [1.82, 2.24) is 10.6 Å². The normalized spacial score (nSPS) is 10.0. The number of nitrogens with one attached hydrogen (secondary N) is 2. The Labute approximate surface area is 164 Å². The lowest BCUT2D eigenvalue weighted by molar-refractivity contribution is -0.148. The Morgan fingerprint density at radius 2 is 1.71 bits per heavy atom. The summed E-state index contributed by atoms with van der Waals surface area (Å²) in [5.41, 5.74) is 1.94. The molecule has 148 valence electrons. The molecule has 0 fully saturated rings. The Hall–Kier alpha value is -3.35. The van der Waals surface area contributed by atoms with E-state index in [0.717, 1.165) is 16.9 Å². The van der Waals surface area contributed by atoms with E-state index in [9.17, 15) is 14.4 Å². The molecule has 0 aliphatic heterocycles. The molecule has 2 aromatic rings. The van der Waals surface area contributed by atoms with Gasteiger partial charge in [0.1, 0.15) is 18.9 Å². The fourth-order valence-corrected chi connectivity index (χ4v) is 2.33. The van der Waals surface area contributed by atoms with Gasteiger partial charge in [0, 0.05) is 0 Å². The summed E-state index contributed by atoms with van der Waals surface area (Å²) in [7, 11) is 0. The number of carbonyl (C=O) groups is 3. The van der Waals surface area contributed by atoms with Gasteiger partial charge in [-0.15, -0.1) is 0 Å². The third-order valence-corrected chi connectivity index (χ3v) is 3.68. The highest BCUT2D eigenvalue weighted by atomic mass is 16.5. The first-order chi connectivity index (χ1) is 13.5. The quantitative estimate of drug-likeness (QED) is 0.477. The monoisotopic (exact) mass is 384 g/mol. The van der Waals surface area contributed by atoms with Crippen molar-refractivity contribution in [2.75, 3.05) is 26.3 Å². The van der Waals surface area contributed by atoms with E-state index in [4.69, 9.17) is 9.47 Å². The van der Waals surface area contributed by atoms with Crippen LogP contribution in [-0.2, 0) is 25.5 Å². The van der Waals surface area contributed by atoms with Crippen LogP contribution in [0.4, 0.5) is 0 Å². The number of hydrogen-bond donors (Lipinski definition) is 2. The van der Waals surface area contributed by atoms with Crippen LogP contribution in [0.1, 0.15) is 11.1 Å². The molecule has 0 unspecified atom stereocenters. The van der Waals surface area contributed by atoms with Crippen molar-refractivity contribution in [3.63, 3.8) is 0 Å². The zero-order valence-corrected chi connectivity index (χ0v) is 15.8. The Balaban J connectivity index is 1.54. The zero-order valence-electron chi connectivity index (χ0n) is 15.8. The molecule has 2 N–H and O–H groups in total. The van der Waals surface area contributed by atoms with Crippen LogP contribution in [0.15, 0.2) is 54.6 Å². The van der Waals surface area contributed by atoms with Gasteiger partial charge in [-0.2, -0.15) is 0 Å². The molecule has 0 spiro atoms. The highest BCUT2D eigenvalue weighted by molar-refractivity contribution is 5.85. The van der Waals surface area contributed by atoms with Crippen molar-refractivity contribution < 1.29 is 23.9 Å². The number of aryl methyl sites for hydroxylation is 1. The van der Waals surface area contributed by atoms with Gasteiger partial charge in [0.25, 0.3) is 5.91 Å². The van der Waals surface area contributed by atoms with Crippen molar-refractivity contribution in [2.45, 2.75) is 13.3 Å². The lowest BCUT2D eigenvalue weighted by Gasteiger charge is -2.09. The molecule has 0 aromatic heterocycles. The lowest BCUT2D eigenvalue weighted by atomic mass is 10.1. The Morgan fingerprint density at radius 3 is 2.46 bits per heavy atom. The fraction of sp³-hybridized carbons (Fsp3) is 0.286. The summed E-state index contributed by atoms with van der Waals surface area (Å²) in [6.07, 6.45) is 0.176. The summed E-state index contributed by atoms with van der Waals surface area (Å²) in [6.45, 7) is 1.87. The van der Waals surface area contributed by atoms with Gasteiger partial charge in [0.05, 0.1) is 13.0 Å². The van der Waals surface area contributed by atoms with Crippen LogP contribution in [0.5, 0.6) is 5.75 Å². The maximum Gasteiger partial charge on any atom is 0.325 e. The molecule has 7 nitrogen and oxygen atoms in total. The first kappa shape index (κ1) is 21.0. The molecular weight excluding hydrogens is 360 g/mol. The number of ether oxygens (including phenoxy) is 2. The molecule has 0 atom stereocenters. The van der Waals surface area contributed by atoms with E-state index in [0.29, 0.717) is 6.61 Å². The van der Waals surface area contributed by atoms with Crippen molar-refractivity contribution in [2.24, 2.45) is 0 Å².